The van der Waals surface area contributed by atoms with E-state index < -0.39 is 0 Å². The molecule has 3 heterocycles. The minimum atomic E-state index is 0.651. The van der Waals surface area contributed by atoms with Crippen molar-refractivity contribution in [3.05, 3.63) is 59.9 Å². The fraction of sp³-hybridized carbons (Fsp3) is 0.455. The zero-order valence-electron chi connectivity index (χ0n) is 27.2. The Morgan fingerprint density at radius 2 is 1.44 bits per heavy atom. The number of aromatic amines is 1. The van der Waals surface area contributed by atoms with Crippen LogP contribution >= 0.6 is 0 Å². The van der Waals surface area contributed by atoms with Crippen LogP contribution in [0.2, 0.25) is 0 Å². The van der Waals surface area contributed by atoms with Crippen LogP contribution in [0.1, 0.15) is 44.0 Å². The molecule has 0 atom stereocenters. The molecule has 0 amide bonds. The highest BCUT2D eigenvalue weighted by Gasteiger charge is 2.20. The number of nitrogens with one attached hydrogen (secondary N) is 3. The van der Waals surface area contributed by atoms with E-state index in [1.807, 2.05) is 18.2 Å². The van der Waals surface area contributed by atoms with Crippen LogP contribution in [0.25, 0.3) is 33.5 Å². The number of benzene rings is 2. The molecule has 0 fully saturated rings. The number of hydrogen-bond acceptors (Lipinski definition) is 10. The second kappa shape index (κ2) is 15.5. The molecule has 45 heavy (non-hydrogen) atoms. The van der Waals surface area contributed by atoms with Gasteiger partial charge < -0.3 is 25.0 Å². The van der Waals surface area contributed by atoms with Gasteiger partial charge in [0.15, 0.2) is 17.5 Å². The number of rotatable bonds is 17. The van der Waals surface area contributed by atoms with E-state index >= 15 is 0 Å². The Bertz CT molecular complexity index is 1620. The van der Waals surface area contributed by atoms with E-state index in [0.29, 0.717) is 12.4 Å². The first-order valence-electron chi connectivity index (χ1n) is 15.9. The van der Waals surface area contributed by atoms with Gasteiger partial charge in [0.2, 0.25) is 0 Å². The van der Waals surface area contributed by atoms with Crippen molar-refractivity contribution in [2.45, 2.75) is 45.6 Å². The minimum Gasteiger partial charge on any atom is -0.367 e. The van der Waals surface area contributed by atoms with E-state index in [9.17, 15) is 0 Å². The molecule has 0 aliphatic heterocycles. The lowest BCUT2D eigenvalue weighted by atomic mass is 9.98. The fourth-order valence-corrected chi connectivity index (χ4v) is 5.42. The van der Waals surface area contributed by atoms with Gasteiger partial charge in [-0.3, -0.25) is 0 Å². The molecule has 238 valence electrons. The Hall–Kier alpha value is -4.42. The lowest BCUT2D eigenvalue weighted by molar-refractivity contribution is 0.405. The number of imidazole rings is 1. The van der Waals surface area contributed by atoms with Crippen molar-refractivity contribution < 1.29 is 0 Å². The largest absolute Gasteiger partial charge is 0.367 e. The molecule has 2 aromatic carbocycles. The number of unbranched alkanes of at least 4 members (excludes halogenated alkanes) is 1. The number of H-pyrrole nitrogens is 1. The SMILES string of the molecule is CCCCc1nc2c(NCCCN(C)C)nnc(NCCCN(C)C)c2n1Cc1ccc(-c2ccccc2-c2nnn[nH]2)cc1. The molecule has 5 rings (SSSR count). The molecule has 0 unspecified atom stereocenters. The first-order chi connectivity index (χ1) is 21.9. The van der Waals surface area contributed by atoms with E-state index in [2.05, 4.69) is 116 Å². The monoisotopic (exact) mass is 610 g/mol. The number of aromatic nitrogens is 8. The van der Waals surface area contributed by atoms with Crippen molar-refractivity contribution in [3.8, 4) is 22.5 Å². The standard InChI is InChI=1S/C33H46N12/c1-6-7-14-28-36-29-30(33(35-20-11-22-44(4)5)38-37-32(29)34-19-10-21-43(2)3)45(28)23-24-15-17-25(18-16-24)26-12-8-9-13-27(26)31-39-41-42-40-31/h8-9,12-13,15-18H,6-7,10-11,14,19-23H2,1-5H3,(H,34,37)(H,35,38)(H,39,40,41,42). The van der Waals surface area contributed by atoms with Crippen molar-refractivity contribution in [1.29, 1.82) is 0 Å². The third-order valence-electron chi connectivity index (χ3n) is 7.78. The average molecular weight is 611 g/mol. The summed E-state index contributed by atoms with van der Waals surface area (Å²) in [6, 6.07) is 16.9. The molecule has 0 radical (unpaired) electrons. The summed E-state index contributed by atoms with van der Waals surface area (Å²) in [5.41, 5.74) is 6.21. The van der Waals surface area contributed by atoms with E-state index in [4.69, 9.17) is 10.1 Å². The maximum absolute atomic E-state index is 5.20. The molecule has 12 nitrogen and oxygen atoms in total. The van der Waals surface area contributed by atoms with E-state index in [-0.39, 0.29) is 0 Å². The highest BCUT2D eigenvalue weighted by molar-refractivity contribution is 5.94. The van der Waals surface area contributed by atoms with Crippen LogP contribution < -0.4 is 10.6 Å². The highest BCUT2D eigenvalue weighted by atomic mass is 15.5. The van der Waals surface area contributed by atoms with Gasteiger partial charge in [0.25, 0.3) is 0 Å². The molecule has 0 aliphatic carbocycles. The number of fused-ring (bicyclic) bond motifs is 1. The Morgan fingerprint density at radius 1 is 0.778 bits per heavy atom. The number of nitrogens with zero attached hydrogens (tertiary/aromatic N) is 9. The molecule has 12 heteroatoms. The predicted octanol–water partition coefficient (Wildman–Crippen LogP) is 4.79. The van der Waals surface area contributed by atoms with Crippen molar-refractivity contribution in [3.63, 3.8) is 0 Å². The summed E-state index contributed by atoms with van der Waals surface area (Å²) < 4.78 is 2.34. The zero-order chi connectivity index (χ0) is 31.6. The molecular formula is C33H46N12. The zero-order valence-corrected chi connectivity index (χ0v) is 27.2. The van der Waals surface area contributed by atoms with Crippen molar-refractivity contribution >= 4 is 22.7 Å². The molecule has 0 aliphatic rings. The topological polar surface area (TPSA) is 129 Å². The molecule has 3 aromatic heterocycles. The van der Waals surface area contributed by atoms with Crippen LogP contribution in [0.15, 0.2) is 48.5 Å². The van der Waals surface area contributed by atoms with Crippen molar-refractivity contribution in [1.82, 2.24) is 50.2 Å². The first kappa shape index (κ1) is 32.0. The summed E-state index contributed by atoms with van der Waals surface area (Å²) in [6.45, 7) is 6.52. The summed E-state index contributed by atoms with van der Waals surface area (Å²) in [5.74, 6) is 3.23. The fourth-order valence-electron chi connectivity index (χ4n) is 5.42. The maximum Gasteiger partial charge on any atom is 0.180 e. The van der Waals surface area contributed by atoms with Gasteiger partial charge in [0.1, 0.15) is 16.9 Å². The average Bonchev–Trinajstić information content (AvgIpc) is 3.70. The van der Waals surface area contributed by atoms with Gasteiger partial charge in [-0.25, -0.2) is 10.1 Å². The van der Waals surface area contributed by atoms with Crippen molar-refractivity contribution in [2.24, 2.45) is 0 Å². The lowest BCUT2D eigenvalue weighted by Gasteiger charge is -2.15. The second-order valence-corrected chi connectivity index (χ2v) is 12.0. The number of tetrazole rings is 1. The van der Waals surface area contributed by atoms with Crippen LogP contribution in [0.3, 0.4) is 0 Å². The molecule has 0 saturated heterocycles. The molecule has 0 spiro atoms. The normalized spacial score (nSPS) is 11.6. The third-order valence-corrected chi connectivity index (χ3v) is 7.78. The second-order valence-electron chi connectivity index (χ2n) is 12.0. The number of anilines is 2. The van der Waals surface area contributed by atoms with Crippen molar-refractivity contribution in [2.75, 3.05) is 65.0 Å². The number of hydrogen-bond donors (Lipinski definition) is 3. The Kier molecular flexibility index (Phi) is 11.0. The Balaban J connectivity index is 1.48. The van der Waals surface area contributed by atoms with E-state index in [1.54, 1.807) is 0 Å². The van der Waals surface area contributed by atoms with E-state index in [0.717, 1.165) is 103 Å². The maximum atomic E-state index is 5.20. The summed E-state index contributed by atoms with van der Waals surface area (Å²) in [7, 11) is 8.38. The quantitative estimate of drug-likeness (QED) is 0.126. The third kappa shape index (κ3) is 8.20. The predicted molar refractivity (Wildman–Crippen MR) is 181 cm³/mol. The van der Waals surface area contributed by atoms with Gasteiger partial charge in [0.05, 0.1) is 0 Å². The molecule has 0 bridgehead atoms. The molecule has 0 saturated carbocycles. The molecule has 5 aromatic rings. The Morgan fingerprint density at radius 3 is 2.09 bits per heavy atom. The van der Waals surface area contributed by atoms with Gasteiger partial charge in [-0.2, -0.15) is 0 Å². The first-order valence-corrected chi connectivity index (χ1v) is 15.9. The summed E-state index contributed by atoms with van der Waals surface area (Å²) >= 11 is 0. The molecule has 3 N–H and O–H groups in total. The molecular weight excluding hydrogens is 564 g/mol. The van der Waals surface area contributed by atoms with Crippen LogP contribution in [0.4, 0.5) is 11.6 Å². The smallest absolute Gasteiger partial charge is 0.180 e. The van der Waals surface area contributed by atoms with Gasteiger partial charge >= 0.3 is 0 Å². The van der Waals surface area contributed by atoms with Gasteiger partial charge in [0, 0.05) is 31.6 Å². The minimum absolute atomic E-state index is 0.651. The van der Waals surface area contributed by atoms with Crippen LogP contribution in [0.5, 0.6) is 0 Å². The van der Waals surface area contributed by atoms with Gasteiger partial charge in [-0.1, -0.05) is 61.9 Å². The van der Waals surface area contributed by atoms with Crippen LogP contribution in [-0.4, -0.2) is 105 Å². The lowest BCUT2D eigenvalue weighted by Crippen LogP contribution is -2.18. The Labute approximate surface area is 265 Å². The number of aryl methyl sites for hydroxylation is 1. The summed E-state index contributed by atoms with van der Waals surface area (Å²) in [5, 5.41) is 31.0. The summed E-state index contributed by atoms with van der Waals surface area (Å²) in [4.78, 5) is 9.59. The van der Waals surface area contributed by atoms with Crippen LogP contribution in [-0.2, 0) is 13.0 Å². The van der Waals surface area contributed by atoms with Gasteiger partial charge in [-0.05, 0) is 87.7 Å². The van der Waals surface area contributed by atoms with Gasteiger partial charge in [-0.15, -0.1) is 15.3 Å². The van der Waals surface area contributed by atoms with E-state index in [1.165, 1.54) is 5.56 Å². The highest BCUT2D eigenvalue weighted by Crippen LogP contribution is 2.32. The van der Waals surface area contributed by atoms with Crippen LogP contribution in [0, 0.1) is 0 Å². The summed E-state index contributed by atoms with van der Waals surface area (Å²) in [6.07, 6.45) is 5.06.